The van der Waals surface area contributed by atoms with Crippen molar-refractivity contribution in [1.29, 1.82) is 0 Å². The maximum atomic E-state index is 11.6. The van der Waals surface area contributed by atoms with Crippen molar-refractivity contribution in [3.05, 3.63) is 35.1 Å². The summed E-state index contributed by atoms with van der Waals surface area (Å²) in [5, 5.41) is 1.57. The number of pyridine rings is 1. The molecule has 0 atom stereocenters. The molecule has 0 aliphatic heterocycles. The van der Waals surface area contributed by atoms with Crippen molar-refractivity contribution < 1.29 is 14.3 Å². The van der Waals surface area contributed by atoms with Crippen LogP contribution in [-0.4, -0.2) is 25.2 Å². The molecule has 0 radical (unpaired) electrons. The van der Waals surface area contributed by atoms with Crippen molar-refractivity contribution in [3.63, 3.8) is 0 Å². The fraction of sp³-hybridized carbons (Fsp3) is 0.167. The van der Waals surface area contributed by atoms with Gasteiger partial charge in [-0.3, -0.25) is 0 Å². The predicted molar refractivity (Wildman–Crippen MR) is 64.6 cm³/mol. The molecule has 0 aliphatic carbocycles. The second-order valence-corrected chi connectivity index (χ2v) is 3.70. The molecular weight excluding hydrogens is 242 g/mol. The zero-order chi connectivity index (χ0) is 12.4. The Bertz CT molecular complexity index is 583. The monoisotopic (exact) mass is 251 g/mol. The summed E-state index contributed by atoms with van der Waals surface area (Å²) in [7, 11) is 2.86. The van der Waals surface area contributed by atoms with Crippen LogP contribution in [0.15, 0.2) is 24.4 Å². The number of hydrogen-bond donors (Lipinski definition) is 0. The Balaban J connectivity index is 2.82. The van der Waals surface area contributed by atoms with Gasteiger partial charge < -0.3 is 9.47 Å². The van der Waals surface area contributed by atoms with Gasteiger partial charge in [-0.25, -0.2) is 9.78 Å². The first-order chi connectivity index (χ1) is 8.19. The lowest BCUT2D eigenvalue weighted by atomic mass is 10.1. The highest BCUT2D eigenvalue weighted by molar-refractivity contribution is 6.35. The summed E-state index contributed by atoms with van der Waals surface area (Å²) in [6, 6.07) is 5.32. The van der Waals surface area contributed by atoms with E-state index < -0.39 is 5.97 Å². The first-order valence-corrected chi connectivity index (χ1v) is 5.26. The lowest BCUT2D eigenvalue weighted by Crippen LogP contribution is -2.03. The molecule has 0 N–H and O–H groups in total. The van der Waals surface area contributed by atoms with Gasteiger partial charge in [0.25, 0.3) is 0 Å². The molecule has 0 aliphatic rings. The second-order valence-electron chi connectivity index (χ2n) is 3.34. The van der Waals surface area contributed by atoms with E-state index in [0.29, 0.717) is 27.2 Å². The number of ether oxygens (including phenoxy) is 2. The molecule has 0 spiro atoms. The average molecular weight is 252 g/mol. The lowest BCUT2D eigenvalue weighted by Gasteiger charge is -2.09. The van der Waals surface area contributed by atoms with Gasteiger partial charge in [-0.1, -0.05) is 23.7 Å². The highest BCUT2D eigenvalue weighted by Gasteiger charge is 2.15. The maximum Gasteiger partial charge on any atom is 0.340 e. The van der Waals surface area contributed by atoms with Crippen LogP contribution in [0.1, 0.15) is 10.4 Å². The average Bonchev–Trinajstić information content (AvgIpc) is 2.37. The van der Waals surface area contributed by atoms with Crippen molar-refractivity contribution in [1.82, 2.24) is 4.98 Å². The Morgan fingerprint density at radius 2 is 2.12 bits per heavy atom. The number of aromatic nitrogens is 1. The molecule has 2 rings (SSSR count). The number of halogens is 1. The molecule has 0 saturated heterocycles. The van der Waals surface area contributed by atoms with E-state index in [4.69, 9.17) is 21.1 Å². The summed E-state index contributed by atoms with van der Waals surface area (Å²) in [6.07, 6.45) is 1.40. The SMILES string of the molecule is COC(=O)c1cnc(Cl)c2c(OC)cccc12. The third kappa shape index (κ3) is 1.91. The molecule has 4 nitrogen and oxygen atoms in total. The third-order valence-electron chi connectivity index (χ3n) is 2.45. The summed E-state index contributed by atoms with van der Waals surface area (Å²) in [5.74, 6) is 0.123. The molecule has 0 saturated carbocycles. The Morgan fingerprint density at radius 3 is 2.76 bits per heavy atom. The van der Waals surface area contributed by atoms with Crippen molar-refractivity contribution in [3.8, 4) is 5.75 Å². The van der Waals surface area contributed by atoms with E-state index in [-0.39, 0.29) is 0 Å². The Morgan fingerprint density at radius 1 is 1.35 bits per heavy atom. The topological polar surface area (TPSA) is 48.4 Å². The zero-order valence-electron chi connectivity index (χ0n) is 9.36. The van der Waals surface area contributed by atoms with Gasteiger partial charge >= 0.3 is 5.97 Å². The molecule has 0 fully saturated rings. The highest BCUT2D eigenvalue weighted by Crippen LogP contribution is 2.32. The van der Waals surface area contributed by atoms with Crippen molar-refractivity contribution in [2.24, 2.45) is 0 Å². The van der Waals surface area contributed by atoms with Crippen molar-refractivity contribution in [2.45, 2.75) is 0 Å². The van der Waals surface area contributed by atoms with Crippen molar-refractivity contribution >= 4 is 28.3 Å². The number of rotatable bonds is 2. The molecular formula is C12H10ClNO3. The van der Waals surface area contributed by atoms with Crippen LogP contribution >= 0.6 is 11.6 Å². The summed E-state index contributed by atoms with van der Waals surface area (Å²) in [5.41, 5.74) is 0.366. The summed E-state index contributed by atoms with van der Waals surface area (Å²) in [6.45, 7) is 0. The quantitative estimate of drug-likeness (QED) is 0.608. The van der Waals surface area contributed by atoms with Crippen LogP contribution in [0.25, 0.3) is 10.8 Å². The largest absolute Gasteiger partial charge is 0.496 e. The van der Waals surface area contributed by atoms with Gasteiger partial charge in [0.2, 0.25) is 0 Å². The number of carbonyl (C=O) groups is 1. The van der Waals surface area contributed by atoms with Crippen LogP contribution in [0.3, 0.4) is 0 Å². The van der Waals surface area contributed by atoms with Gasteiger partial charge in [-0.2, -0.15) is 0 Å². The molecule has 2 aromatic rings. The van der Waals surface area contributed by atoms with Gasteiger partial charge in [-0.15, -0.1) is 0 Å². The van der Waals surface area contributed by atoms with Gasteiger partial charge in [-0.05, 0) is 6.07 Å². The molecule has 0 bridgehead atoms. The number of methoxy groups -OCH3 is 2. The van der Waals surface area contributed by atoms with Crippen LogP contribution in [0.5, 0.6) is 5.75 Å². The van der Waals surface area contributed by atoms with Crippen molar-refractivity contribution in [2.75, 3.05) is 14.2 Å². The summed E-state index contributed by atoms with van der Waals surface area (Å²) >= 11 is 6.02. The number of carbonyl (C=O) groups excluding carboxylic acids is 1. The van der Waals surface area contributed by atoms with Crippen LogP contribution in [0, 0.1) is 0 Å². The highest BCUT2D eigenvalue weighted by atomic mass is 35.5. The van der Waals surface area contributed by atoms with Gasteiger partial charge in [0.1, 0.15) is 10.9 Å². The molecule has 0 amide bonds. The standard InChI is InChI=1S/C12H10ClNO3/c1-16-9-5-3-4-7-8(12(15)17-2)6-14-11(13)10(7)9/h3-6H,1-2H3. The van der Waals surface area contributed by atoms with E-state index in [1.807, 2.05) is 0 Å². The minimum absolute atomic E-state index is 0.296. The fourth-order valence-electron chi connectivity index (χ4n) is 1.67. The molecule has 1 heterocycles. The smallest absolute Gasteiger partial charge is 0.340 e. The van der Waals surface area contributed by atoms with Gasteiger partial charge in [0.15, 0.2) is 0 Å². The minimum atomic E-state index is -0.451. The number of hydrogen-bond acceptors (Lipinski definition) is 4. The van der Waals surface area contributed by atoms with Crippen LogP contribution in [0.2, 0.25) is 5.15 Å². The molecule has 17 heavy (non-hydrogen) atoms. The number of benzene rings is 1. The third-order valence-corrected chi connectivity index (χ3v) is 2.74. The van der Waals surface area contributed by atoms with E-state index >= 15 is 0 Å². The Hall–Kier alpha value is -1.81. The van der Waals surface area contributed by atoms with Gasteiger partial charge in [0.05, 0.1) is 25.2 Å². The van der Waals surface area contributed by atoms with Crippen LogP contribution in [0.4, 0.5) is 0 Å². The molecule has 0 unspecified atom stereocenters. The van der Waals surface area contributed by atoms with Crippen LogP contribution in [-0.2, 0) is 4.74 Å². The van der Waals surface area contributed by atoms with Gasteiger partial charge in [0, 0.05) is 11.6 Å². The molecule has 5 heteroatoms. The summed E-state index contributed by atoms with van der Waals surface area (Å²) < 4.78 is 9.90. The second kappa shape index (κ2) is 4.59. The van der Waals surface area contributed by atoms with E-state index in [1.165, 1.54) is 20.4 Å². The first-order valence-electron chi connectivity index (χ1n) is 4.88. The number of nitrogens with zero attached hydrogens (tertiary/aromatic N) is 1. The Labute approximate surface area is 103 Å². The molecule has 1 aromatic carbocycles. The van der Waals surface area contributed by atoms with Crippen LogP contribution < -0.4 is 4.74 Å². The van der Waals surface area contributed by atoms with E-state index in [2.05, 4.69) is 4.98 Å². The molecule has 88 valence electrons. The first kappa shape index (κ1) is 11.7. The fourth-order valence-corrected chi connectivity index (χ4v) is 1.91. The van der Waals surface area contributed by atoms with E-state index in [1.54, 1.807) is 18.2 Å². The Kier molecular flexibility index (Phi) is 3.15. The maximum absolute atomic E-state index is 11.6. The number of fused-ring (bicyclic) bond motifs is 1. The van der Waals surface area contributed by atoms with E-state index in [0.717, 1.165) is 0 Å². The minimum Gasteiger partial charge on any atom is -0.496 e. The zero-order valence-corrected chi connectivity index (χ0v) is 10.1. The van der Waals surface area contributed by atoms with E-state index in [9.17, 15) is 4.79 Å². The summed E-state index contributed by atoms with van der Waals surface area (Å²) in [4.78, 5) is 15.6. The predicted octanol–water partition coefficient (Wildman–Crippen LogP) is 2.68. The normalized spacial score (nSPS) is 10.3. The number of esters is 1. The molecule has 1 aromatic heterocycles. The lowest BCUT2D eigenvalue weighted by molar-refractivity contribution is 0.0602.